The average Bonchev–Trinajstić information content (AvgIpc) is 3.22. The van der Waals surface area contributed by atoms with E-state index in [1.807, 2.05) is 13.0 Å². The van der Waals surface area contributed by atoms with E-state index in [0.717, 1.165) is 29.7 Å². The number of hydrogen-bond donors (Lipinski definition) is 1. The number of fused-ring (bicyclic) bond motifs is 1. The van der Waals surface area contributed by atoms with E-state index < -0.39 is 0 Å². The van der Waals surface area contributed by atoms with Gasteiger partial charge in [-0.25, -0.2) is 4.98 Å². The second kappa shape index (κ2) is 5.68. The molecule has 1 fully saturated rings. The number of halogens is 1. The van der Waals surface area contributed by atoms with Crippen molar-refractivity contribution >= 4 is 28.5 Å². The van der Waals surface area contributed by atoms with Crippen LogP contribution in [0.2, 0.25) is 0 Å². The fraction of sp³-hybridized carbons (Fsp3) is 0.500. The minimum absolute atomic E-state index is 0.156. The second-order valence-electron chi connectivity index (χ2n) is 5.80. The molecular weight excluding hydrogens is 286 g/mol. The molecule has 1 saturated carbocycles. The van der Waals surface area contributed by atoms with Crippen molar-refractivity contribution < 1.29 is 4.79 Å². The highest BCUT2D eigenvalue weighted by Gasteiger charge is 2.29. The van der Waals surface area contributed by atoms with Crippen LogP contribution < -0.4 is 5.32 Å². The molecule has 112 valence electrons. The van der Waals surface area contributed by atoms with Crippen LogP contribution in [-0.4, -0.2) is 22.0 Å². The van der Waals surface area contributed by atoms with Crippen molar-refractivity contribution in [2.45, 2.75) is 38.6 Å². The average molecular weight is 306 g/mol. The lowest BCUT2D eigenvalue weighted by Gasteiger charge is -2.11. The summed E-state index contributed by atoms with van der Waals surface area (Å²) >= 11 is 6.25. The van der Waals surface area contributed by atoms with Crippen LogP contribution in [0, 0.1) is 12.8 Å². The van der Waals surface area contributed by atoms with Crippen LogP contribution in [0.3, 0.4) is 0 Å². The van der Waals surface area contributed by atoms with Crippen molar-refractivity contribution in [3.63, 3.8) is 0 Å². The van der Waals surface area contributed by atoms with E-state index in [1.165, 1.54) is 5.56 Å². The predicted octanol–water partition coefficient (Wildman–Crippen LogP) is 3.17. The molecule has 1 aliphatic rings. The number of alkyl halides is 1. The third-order valence-electron chi connectivity index (χ3n) is 3.87. The molecule has 1 aromatic heterocycles. The van der Waals surface area contributed by atoms with E-state index in [1.54, 1.807) is 0 Å². The maximum Gasteiger partial charge on any atom is 0.223 e. The van der Waals surface area contributed by atoms with Gasteiger partial charge < -0.3 is 9.88 Å². The summed E-state index contributed by atoms with van der Waals surface area (Å²) in [6, 6.07) is 6.19. The van der Waals surface area contributed by atoms with Gasteiger partial charge in [0.2, 0.25) is 5.91 Å². The summed E-state index contributed by atoms with van der Waals surface area (Å²) in [7, 11) is 0. The van der Waals surface area contributed by atoms with Gasteiger partial charge in [-0.2, -0.15) is 0 Å². The lowest BCUT2D eigenvalue weighted by molar-refractivity contribution is -0.122. The Labute approximate surface area is 129 Å². The maximum atomic E-state index is 11.7. The monoisotopic (exact) mass is 305 g/mol. The molecule has 21 heavy (non-hydrogen) atoms. The maximum absolute atomic E-state index is 11.7. The molecular formula is C16H20ClN3O. The molecule has 1 atom stereocenters. The quantitative estimate of drug-likeness (QED) is 0.863. The van der Waals surface area contributed by atoms with Crippen LogP contribution in [0.25, 0.3) is 11.0 Å². The third kappa shape index (κ3) is 3.05. The van der Waals surface area contributed by atoms with E-state index in [9.17, 15) is 4.79 Å². The molecule has 1 unspecified atom stereocenters. The number of carbonyl (C=O) groups is 1. The first-order valence-electron chi connectivity index (χ1n) is 7.45. The van der Waals surface area contributed by atoms with Gasteiger partial charge in [0.1, 0.15) is 5.82 Å². The standard InChI is InChI=1S/C16H20ClN3O/c1-10-3-6-13-14(9-10)20(15(19-13)11(2)17)8-7-18-16(21)12-4-5-12/h3,6,9,11-12H,4-5,7-8H2,1-2H3,(H,18,21). The van der Waals surface area contributed by atoms with Crippen molar-refractivity contribution in [1.29, 1.82) is 0 Å². The number of imidazole rings is 1. The first-order valence-corrected chi connectivity index (χ1v) is 7.88. The number of carbonyl (C=O) groups excluding carboxylic acids is 1. The smallest absolute Gasteiger partial charge is 0.223 e. The van der Waals surface area contributed by atoms with E-state index in [4.69, 9.17) is 11.6 Å². The van der Waals surface area contributed by atoms with Gasteiger partial charge in [-0.05, 0) is 44.4 Å². The van der Waals surface area contributed by atoms with Gasteiger partial charge in [0.15, 0.2) is 0 Å². The van der Waals surface area contributed by atoms with Gasteiger partial charge in [0.05, 0.1) is 16.4 Å². The van der Waals surface area contributed by atoms with E-state index >= 15 is 0 Å². The van der Waals surface area contributed by atoms with Crippen LogP contribution in [0.15, 0.2) is 18.2 Å². The van der Waals surface area contributed by atoms with Gasteiger partial charge in [0, 0.05) is 19.0 Å². The summed E-state index contributed by atoms with van der Waals surface area (Å²) in [6.07, 6.45) is 2.06. The molecule has 0 spiro atoms. The Morgan fingerprint density at radius 3 is 2.95 bits per heavy atom. The Kier molecular flexibility index (Phi) is 3.89. The van der Waals surface area contributed by atoms with Crippen molar-refractivity contribution in [2.24, 2.45) is 5.92 Å². The number of hydrogen-bond acceptors (Lipinski definition) is 2. The van der Waals surface area contributed by atoms with E-state index in [2.05, 4.69) is 33.9 Å². The summed E-state index contributed by atoms with van der Waals surface area (Å²) < 4.78 is 2.12. The van der Waals surface area contributed by atoms with Crippen molar-refractivity contribution in [3.8, 4) is 0 Å². The molecule has 0 radical (unpaired) electrons. The topological polar surface area (TPSA) is 46.9 Å². The molecule has 1 aliphatic carbocycles. The molecule has 1 aromatic carbocycles. The highest BCUT2D eigenvalue weighted by molar-refractivity contribution is 6.20. The van der Waals surface area contributed by atoms with Crippen LogP contribution in [0.4, 0.5) is 0 Å². The first kappa shape index (κ1) is 14.4. The van der Waals surface area contributed by atoms with Gasteiger partial charge in [-0.15, -0.1) is 11.6 Å². The highest BCUT2D eigenvalue weighted by atomic mass is 35.5. The first-order chi connectivity index (χ1) is 10.1. The third-order valence-corrected chi connectivity index (χ3v) is 4.07. The van der Waals surface area contributed by atoms with Crippen LogP contribution in [0.5, 0.6) is 0 Å². The molecule has 1 heterocycles. The summed E-state index contributed by atoms with van der Waals surface area (Å²) in [5.74, 6) is 1.28. The molecule has 1 amide bonds. The number of nitrogens with one attached hydrogen (secondary N) is 1. The Balaban J connectivity index is 1.82. The Hall–Kier alpha value is -1.55. The molecule has 1 N–H and O–H groups in total. The number of aromatic nitrogens is 2. The van der Waals surface area contributed by atoms with Gasteiger partial charge in [-0.1, -0.05) is 6.07 Å². The lowest BCUT2D eigenvalue weighted by Crippen LogP contribution is -2.28. The van der Waals surface area contributed by atoms with Gasteiger partial charge in [0.25, 0.3) is 0 Å². The normalized spacial score (nSPS) is 16.1. The van der Waals surface area contributed by atoms with Gasteiger partial charge in [-0.3, -0.25) is 4.79 Å². The zero-order valence-electron chi connectivity index (χ0n) is 12.4. The van der Waals surface area contributed by atoms with Gasteiger partial charge >= 0.3 is 0 Å². The molecule has 4 nitrogen and oxygen atoms in total. The fourth-order valence-electron chi connectivity index (χ4n) is 2.57. The highest BCUT2D eigenvalue weighted by Crippen LogP contribution is 2.29. The lowest BCUT2D eigenvalue weighted by atomic mass is 10.2. The number of amides is 1. The van der Waals surface area contributed by atoms with E-state index in [-0.39, 0.29) is 17.2 Å². The Morgan fingerprint density at radius 2 is 2.29 bits per heavy atom. The summed E-state index contributed by atoms with van der Waals surface area (Å²) in [5.41, 5.74) is 3.23. The SMILES string of the molecule is Cc1ccc2nc(C(C)Cl)n(CCNC(=O)C3CC3)c2c1. The van der Waals surface area contributed by atoms with Crippen molar-refractivity contribution in [1.82, 2.24) is 14.9 Å². The minimum atomic E-state index is -0.156. The molecule has 0 aliphatic heterocycles. The largest absolute Gasteiger partial charge is 0.354 e. The van der Waals surface area contributed by atoms with Crippen LogP contribution in [-0.2, 0) is 11.3 Å². The summed E-state index contributed by atoms with van der Waals surface area (Å²) in [5, 5.41) is 2.84. The molecule has 2 aromatic rings. The number of rotatable bonds is 5. The minimum Gasteiger partial charge on any atom is -0.354 e. The van der Waals surface area contributed by atoms with Crippen LogP contribution >= 0.6 is 11.6 Å². The second-order valence-corrected chi connectivity index (χ2v) is 6.45. The molecule has 0 bridgehead atoms. The fourth-order valence-corrected chi connectivity index (χ4v) is 2.74. The molecule has 5 heteroatoms. The number of nitrogens with zero attached hydrogens (tertiary/aromatic N) is 2. The van der Waals surface area contributed by atoms with E-state index in [0.29, 0.717) is 13.1 Å². The summed E-state index contributed by atoms with van der Waals surface area (Å²) in [6.45, 7) is 5.31. The Bertz CT molecular complexity index is 673. The van der Waals surface area contributed by atoms with Crippen molar-refractivity contribution in [2.75, 3.05) is 6.54 Å². The Morgan fingerprint density at radius 1 is 1.52 bits per heavy atom. The zero-order chi connectivity index (χ0) is 15.0. The zero-order valence-corrected chi connectivity index (χ0v) is 13.2. The predicted molar refractivity (Wildman–Crippen MR) is 84.5 cm³/mol. The van der Waals surface area contributed by atoms with Crippen LogP contribution in [0.1, 0.15) is 36.5 Å². The van der Waals surface area contributed by atoms with Crippen molar-refractivity contribution in [3.05, 3.63) is 29.6 Å². The number of aryl methyl sites for hydroxylation is 1. The molecule has 3 rings (SSSR count). The number of benzene rings is 1. The summed E-state index contributed by atoms with van der Waals surface area (Å²) in [4.78, 5) is 16.3. The molecule has 0 saturated heterocycles.